The van der Waals surface area contributed by atoms with Gasteiger partial charge in [-0.15, -0.1) is 10.2 Å². The highest BCUT2D eigenvalue weighted by molar-refractivity contribution is 7.99. The molecule has 2 aromatic carbocycles. The molecule has 0 spiro atoms. The second kappa shape index (κ2) is 10.4. The van der Waals surface area contributed by atoms with Crippen molar-refractivity contribution >= 4 is 23.5 Å². The van der Waals surface area contributed by atoms with Crippen LogP contribution >= 0.6 is 11.8 Å². The summed E-state index contributed by atoms with van der Waals surface area (Å²) < 4.78 is 0. The first kappa shape index (κ1) is 21.4. The zero-order valence-corrected chi connectivity index (χ0v) is 18.6. The molecule has 6 heteroatoms. The Morgan fingerprint density at radius 1 is 1.00 bits per heavy atom. The molecule has 1 atom stereocenters. The average molecular weight is 433 g/mol. The van der Waals surface area contributed by atoms with Crippen LogP contribution in [0.3, 0.4) is 0 Å². The maximum absolute atomic E-state index is 12.6. The fourth-order valence-electron chi connectivity index (χ4n) is 3.81. The molecule has 1 saturated heterocycles. The Labute approximate surface area is 188 Å². The van der Waals surface area contributed by atoms with Crippen LogP contribution in [0.4, 0.5) is 5.82 Å². The predicted molar refractivity (Wildman–Crippen MR) is 125 cm³/mol. The maximum Gasteiger partial charge on any atom is 0.223 e. The molecule has 0 bridgehead atoms. The van der Waals surface area contributed by atoms with Gasteiger partial charge in [0.2, 0.25) is 5.91 Å². The van der Waals surface area contributed by atoms with E-state index < -0.39 is 0 Å². The van der Waals surface area contributed by atoms with Gasteiger partial charge in [0.15, 0.2) is 5.82 Å². The average Bonchev–Trinajstić information content (AvgIpc) is 2.84. The van der Waals surface area contributed by atoms with E-state index in [1.165, 1.54) is 5.56 Å². The first-order chi connectivity index (χ1) is 15.2. The summed E-state index contributed by atoms with van der Waals surface area (Å²) in [7, 11) is 0. The highest BCUT2D eigenvalue weighted by Crippen LogP contribution is 2.27. The third kappa shape index (κ3) is 5.85. The van der Waals surface area contributed by atoms with Crippen molar-refractivity contribution in [2.24, 2.45) is 5.92 Å². The fourth-order valence-corrected chi connectivity index (χ4v) is 4.57. The molecule has 5 nitrogen and oxygen atoms in total. The van der Waals surface area contributed by atoms with Crippen LogP contribution in [0.5, 0.6) is 0 Å². The van der Waals surface area contributed by atoms with E-state index in [4.69, 9.17) is 0 Å². The van der Waals surface area contributed by atoms with E-state index in [2.05, 4.69) is 51.6 Å². The Balaban J connectivity index is 1.24. The van der Waals surface area contributed by atoms with Crippen molar-refractivity contribution in [3.63, 3.8) is 0 Å². The van der Waals surface area contributed by atoms with Crippen molar-refractivity contribution in [1.29, 1.82) is 0 Å². The van der Waals surface area contributed by atoms with Crippen molar-refractivity contribution in [2.75, 3.05) is 24.5 Å². The van der Waals surface area contributed by atoms with Crippen LogP contribution in [0, 0.1) is 5.92 Å². The van der Waals surface area contributed by atoms with E-state index in [-0.39, 0.29) is 11.8 Å². The van der Waals surface area contributed by atoms with Crippen LogP contribution in [-0.2, 0) is 4.79 Å². The minimum absolute atomic E-state index is 0.0695. The summed E-state index contributed by atoms with van der Waals surface area (Å²) >= 11 is 1.61. The predicted octanol–water partition coefficient (Wildman–Crippen LogP) is 4.76. The van der Waals surface area contributed by atoms with Gasteiger partial charge >= 0.3 is 0 Å². The van der Waals surface area contributed by atoms with Gasteiger partial charge in [-0.3, -0.25) is 4.79 Å². The molecule has 1 aliphatic heterocycles. The molecule has 0 unspecified atom stereocenters. The van der Waals surface area contributed by atoms with E-state index in [0.29, 0.717) is 12.5 Å². The van der Waals surface area contributed by atoms with Gasteiger partial charge in [0, 0.05) is 30.4 Å². The van der Waals surface area contributed by atoms with E-state index in [0.717, 1.165) is 41.7 Å². The minimum atomic E-state index is 0.0695. The number of carbonyl (C=O) groups is 1. The fraction of sp³-hybridized carbons (Fsp3) is 0.320. The normalized spacial score (nSPS) is 15.5. The number of nitrogens with zero attached hydrogens (tertiary/aromatic N) is 3. The van der Waals surface area contributed by atoms with Crippen molar-refractivity contribution in [1.82, 2.24) is 15.5 Å². The number of hydrogen-bond acceptors (Lipinski definition) is 5. The highest BCUT2D eigenvalue weighted by atomic mass is 32.2. The molecule has 0 radical (unpaired) electrons. The van der Waals surface area contributed by atoms with E-state index in [9.17, 15) is 4.79 Å². The third-order valence-corrected chi connectivity index (χ3v) is 6.67. The van der Waals surface area contributed by atoms with Crippen molar-refractivity contribution in [2.45, 2.75) is 35.6 Å². The second-order valence-electron chi connectivity index (χ2n) is 7.96. The molecule has 2 heterocycles. The molecule has 3 aromatic rings. The summed E-state index contributed by atoms with van der Waals surface area (Å²) in [5, 5.41) is 12.8. The lowest BCUT2D eigenvalue weighted by Gasteiger charge is -2.32. The van der Waals surface area contributed by atoms with Gasteiger partial charge in [-0.2, -0.15) is 0 Å². The molecule has 1 aromatic heterocycles. The molecule has 1 N–H and O–H groups in total. The topological polar surface area (TPSA) is 58.1 Å². The highest BCUT2D eigenvalue weighted by Gasteiger charge is 2.26. The van der Waals surface area contributed by atoms with Crippen LogP contribution in [0.15, 0.2) is 82.7 Å². The Morgan fingerprint density at radius 2 is 1.68 bits per heavy atom. The molecule has 1 fully saturated rings. The smallest absolute Gasteiger partial charge is 0.223 e. The number of piperidine rings is 1. The van der Waals surface area contributed by atoms with Gasteiger partial charge in [0.25, 0.3) is 0 Å². The largest absolute Gasteiger partial charge is 0.355 e. The lowest BCUT2D eigenvalue weighted by Crippen LogP contribution is -2.41. The standard InChI is InChI=1S/C25H28N4OS/c1-19(20-8-4-2-5-9-20)18-26-25(30)21-14-16-29(17-15-21)23-12-13-24(28-27-23)31-22-10-6-3-7-11-22/h2-13,19,21H,14-18H2,1H3,(H,26,30)/t19-/m0/s1. The number of rotatable bonds is 7. The second-order valence-corrected chi connectivity index (χ2v) is 9.06. The molecule has 0 saturated carbocycles. The number of hydrogen-bond donors (Lipinski definition) is 1. The van der Waals surface area contributed by atoms with Crippen LogP contribution in [-0.4, -0.2) is 35.7 Å². The Kier molecular flexibility index (Phi) is 7.20. The van der Waals surface area contributed by atoms with Gasteiger partial charge in [-0.25, -0.2) is 0 Å². The molecule has 4 rings (SSSR count). The summed E-state index contributed by atoms with van der Waals surface area (Å²) in [6, 6.07) is 24.5. The Hall–Kier alpha value is -2.86. The summed E-state index contributed by atoms with van der Waals surface area (Å²) in [6.45, 7) is 4.48. The quantitative estimate of drug-likeness (QED) is 0.583. The van der Waals surface area contributed by atoms with Crippen LogP contribution < -0.4 is 10.2 Å². The molecular formula is C25H28N4OS. The number of nitrogens with one attached hydrogen (secondary N) is 1. The van der Waals surface area contributed by atoms with Crippen LogP contribution in [0.25, 0.3) is 0 Å². The number of aromatic nitrogens is 2. The van der Waals surface area contributed by atoms with Crippen molar-refractivity contribution in [3.05, 3.63) is 78.4 Å². The first-order valence-corrected chi connectivity index (χ1v) is 11.6. The van der Waals surface area contributed by atoms with Crippen molar-refractivity contribution in [3.8, 4) is 0 Å². The lowest BCUT2D eigenvalue weighted by atomic mass is 9.95. The van der Waals surface area contributed by atoms with Gasteiger partial charge in [-0.05, 0) is 48.6 Å². The number of carbonyl (C=O) groups excluding carboxylic acids is 1. The molecule has 1 aliphatic rings. The van der Waals surface area contributed by atoms with Gasteiger partial charge in [0.1, 0.15) is 5.03 Å². The number of amides is 1. The van der Waals surface area contributed by atoms with Crippen LogP contribution in [0.2, 0.25) is 0 Å². The summed E-state index contributed by atoms with van der Waals surface area (Å²) in [4.78, 5) is 16.0. The van der Waals surface area contributed by atoms with E-state index in [1.807, 2.05) is 48.5 Å². The Morgan fingerprint density at radius 3 is 2.32 bits per heavy atom. The van der Waals surface area contributed by atoms with Gasteiger partial charge in [-0.1, -0.05) is 67.2 Å². The van der Waals surface area contributed by atoms with Gasteiger partial charge < -0.3 is 10.2 Å². The molecule has 31 heavy (non-hydrogen) atoms. The summed E-state index contributed by atoms with van der Waals surface area (Å²) in [5.74, 6) is 1.44. The summed E-state index contributed by atoms with van der Waals surface area (Å²) in [5.41, 5.74) is 1.25. The molecular weight excluding hydrogens is 404 g/mol. The molecule has 160 valence electrons. The Bertz CT molecular complexity index is 958. The maximum atomic E-state index is 12.6. The van der Waals surface area contributed by atoms with Crippen molar-refractivity contribution < 1.29 is 4.79 Å². The number of benzene rings is 2. The molecule has 1 amide bonds. The monoisotopic (exact) mass is 432 g/mol. The zero-order valence-electron chi connectivity index (χ0n) is 17.8. The summed E-state index contributed by atoms with van der Waals surface area (Å²) in [6.07, 6.45) is 1.68. The first-order valence-electron chi connectivity index (χ1n) is 10.8. The lowest BCUT2D eigenvalue weighted by molar-refractivity contribution is -0.125. The van der Waals surface area contributed by atoms with Crippen LogP contribution in [0.1, 0.15) is 31.2 Å². The minimum Gasteiger partial charge on any atom is -0.355 e. The third-order valence-electron chi connectivity index (χ3n) is 5.73. The zero-order chi connectivity index (χ0) is 21.5. The van der Waals surface area contributed by atoms with E-state index >= 15 is 0 Å². The van der Waals surface area contributed by atoms with Gasteiger partial charge in [0.05, 0.1) is 0 Å². The SMILES string of the molecule is C[C@@H](CNC(=O)C1CCN(c2ccc(Sc3ccccc3)nn2)CC1)c1ccccc1. The van der Waals surface area contributed by atoms with E-state index in [1.54, 1.807) is 11.8 Å². The molecule has 0 aliphatic carbocycles. The number of anilines is 1.